The second-order valence-electron chi connectivity index (χ2n) is 7.31. The smallest absolute Gasteiger partial charge is 0.260 e. The fourth-order valence-electron chi connectivity index (χ4n) is 3.34. The SMILES string of the molecule is CCCc1ccc(-c2ccc(CCc3cc(F)c(OC=CC(F)F)c(F)c3)cc2)cc1. The number of hydrogen-bond donors (Lipinski definition) is 0. The summed E-state index contributed by atoms with van der Waals surface area (Å²) in [5.41, 5.74) is 5.10. The standard InChI is InChI=1S/C26H24F4O/c1-2-3-18-6-10-21(11-7-18)22-12-8-19(9-13-22)4-5-20-16-23(27)26(24(28)17-20)31-15-14-25(29)30/h6-17,25H,2-5H2,1H3. The predicted molar refractivity (Wildman–Crippen MR) is 115 cm³/mol. The molecule has 0 amide bonds. The fraction of sp³-hybridized carbons (Fsp3) is 0.231. The van der Waals surface area contributed by atoms with Crippen LogP contribution in [0.3, 0.4) is 0 Å². The molecule has 3 aromatic carbocycles. The number of benzene rings is 3. The van der Waals surface area contributed by atoms with E-state index in [1.807, 2.05) is 24.3 Å². The van der Waals surface area contributed by atoms with Crippen LogP contribution in [0.5, 0.6) is 5.75 Å². The van der Waals surface area contributed by atoms with Gasteiger partial charge in [-0.15, -0.1) is 0 Å². The molecule has 162 valence electrons. The number of halogens is 4. The zero-order valence-electron chi connectivity index (χ0n) is 17.3. The van der Waals surface area contributed by atoms with Crippen molar-refractivity contribution in [2.75, 3.05) is 0 Å². The minimum absolute atomic E-state index is 0.413. The van der Waals surface area contributed by atoms with E-state index in [1.54, 1.807) is 0 Å². The molecule has 0 spiro atoms. The topological polar surface area (TPSA) is 9.23 Å². The second kappa shape index (κ2) is 10.8. The monoisotopic (exact) mass is 428 g/mol. The molecule has 0 aromatic heterocycles. The first-order valence-electron chi connectivity index (χ1n) is 10.2. The van der Waals surface area contributed by atoms with Crippen LogP contribution in [0.2, 0.25) is 0 Å². The van der Waals surface area contributed by atoms with Gasteiger partial charge in [-0.05, 0) is 59.2 Å². The molecule has 0 bridgehead atoms. The first kappa shape index (κ1) is 22.6. The molecule has 0 heterocycles. The van der Waals surface area contributed by atoms with E-state index >= 15 is 0 Å². The van der Waals surface area contributed by atoms with Crippen LogP contribution in [-0.4, -0.2) is 6.43 Å². The number of aryl methyl sites for hydroxylation is 3. The van der Waals surface area contributed by atoms with Gasteiger partial charge in [0.05, 0.1) is 6.26 Å². The molecule has 0 atom stereocenters. The van der Waals surface area contributed by atoms with E-state index in [0.717, 1.165) is 29.5 Å². The minimum Gasteiger partial charge on any atom is -0.459 e. The van der Waals surface area contributed by atoms with E-state index in [-0.39, 0.29) is 0 Å². The number of rotatable bonds is 9. The van der Waals surface area contributed by atoms with Crippen LogP contribution in [0, 0.1) is 11.6 Å². The maximum absolute atomic E-state index is 14.1. The van der Waals surface area contributed by atoms with Crippen molar-refractivity contribution in [2.45, 2.75) is 39.0 Å². The summed E-state index contributed by atoms with van der Waals surface area (Å²) in [5.74, 6) is -2.53. The van der Waals surface area contributed by atoms with Gasteiger partial charge in [-0.1, -0.05) is 61.9 Å². The Balaban J connectivity index is 1.62. The van der Waals surface area contributed by atoms with Crippen LogP contribution < -0.4 is 4.74 Å². The lowest BCUT2D eigenvalue weighted by Gasteiger charge is -2.08. The Morgan fingerprint density at radius 1 is 0.742 bits per heavy atom. The summed E-state index contributed by atoms with van der Waals surface area (Å²) in [6.45, 7) is 2.16. The molecule has 0 aliphatic heterocycles. The van der Waals surface area contributed by atoms with Gasteiger partial charge in [0.2, 0.25) is 0 Å². The van der Waals surface area contributed by atoms with Crippen molar-refractivity contribution in [1.29, 1.82) is 0 Å². The van der Waals surface area contributed by atoms with Crippen LogP contribution in [0.15, 0.2) is 73.0 Å². The van der Waals surface area contributed by atoms with Gasteiger partial charge < -0.3 is 4.74 Å². The largest absolute Gasteiger partial charge is 0.459 e. The molecule has 5 heteroatoms. The Bertz CT molecular complexity index is 986. The van der Waals surface area contributed by atoms with E-state index in [9.17, 15) is 17.6 Å². The van der Waals surface area contributed by atoms with Crippen molar-refractivity contribution in [3.8, 4) is 16.9 Å². The summed E-state index contributed by atoms with van der Waals surface area (Å²) in [6.07, 6.45) is 1.48. The normalized spacial score (nSPS) is 11.4. The first-order chi connectivity index (χ1) is 15.0. The van der Waals surface area contributed by atoms with Crippen LogP contribution in [0.1, 0.15) is 30.0 Å². The molecule has 0 unspecified atom stereocenters. The molecule has 0 radical (unpaired) electrons. The maximum Gasteiger partial charge on any atom is 0.260 e. The fourth-order valence-corrected chi connectivity index (χ4v) is 3.34. The van der Waals surface area contributed by atoms with Crippen molar-refractivity contribution in [3.63, 3.8) is 0 Å². The van der Waals surface area contributed by atoms with Crippen LogP contribution in [0.25, 0.3) is 11.1 Å². The summed E-state index contributed by atoms with van der Waals surface area (Å²) in [7, 11) is 0. The molecule has 0 fully saturated rings. The number of hydrogen-bond acceptors (Lipinski definition) is 1. The van der Waals surface area contributed by atoms with Gasteiger partial charge in [-0.25, -0.2) is 17.6 Å². The van der Waals surface area contributed by atoms with E-state index in [0.29, 0.717) is 30.7 Å². The van der Waals surface area contributed by atoms with Gasteiger partial charge in [-0.2, -0.15) is 0 Å². The average Bonchev–Trinajstić information content (AvgIpc) is 2.75. The van der Waals surface area contributed by atoms with Gasteiger partial charge in [-0.3, -0.25) is 0 Å². The molecular weight excluding hydrogens is 404 g/mol. The highest BCUT2D eigenvalue weighted by Gasteiger charge is 2.12. The maximum atomic E-state index is 14.1. The molecule has 0 saturated heterocycles. The van der Waals surface area contributed by atoms with Crippen LogP contribution in [0.4, 0.5) is 17.6 Å². The number of ether oxygens (including phenoxy) is 1. The highest BCUT2D eigenvalue weighted by atomic mass is 19.3. The van der Waals surface area contributed by atoms with E-state index in [1.165, 1.54) is 17.7 Å². The molecule has 0 N–H and O–H groups in total. The van der Waals surface area contributed by atoms with Gasteiger partial charge in [0.1, 0.15) is 0 Å². The van der Waals surface area contributed by atoms with E-state index in [2.05, 4.69) is 35.9 Å². The predicted octanol–water partition coefficient (Wildman–Crippen LogP) is 7.53. The summed E-state index contributed by atoms with van der Waals surface area (Å²) >= 11 is 0. The molecule has 3 aromatic rings. The Labute approximate surface area is 180 Å². The second-order valence-corrected chi connectivity index (χ2v) is 7.31. The molecule has 31 heavy (non-hydrogen) atoms. The quantitative estimate of drug-likeness (QED) is 0.253. The summed E-state index contributed by atoms with van der Waals surface area (Å²) in [5, 5.41) is 0. The zero-order valence-corrected chi connectivity index (χ0v) is 17.3. The molecular formula is C26H24F4O. The van der Waals surface area contributed by atoms with Crippen molar-refractivity contribution in [3.05, 3.63) is 101 Å². The van der Waals surface area contributed by atoms with Crippen molar-refractivity contribution < 1.29 is 22.3 Å². The third-order valence-corrected chi connectivity index (χ3v) is 4.95. The number of alkyl halides is 2. The number of allylic oxidation sites excluding steroid dienone is 1. The van der Waals surface area contributed by atoms with Crippen molar-refractivity contribution >= 4 is 0 Å². The summed E-state index contributed by atoms with van der Waals surface area (Å²) in [6, 6.07) is 19.0. The van der Waals surface area contributed by atoms with Crippen LogP contribution >= 0.6 is 0 Å². The van der Waals surface area contributed by atoms with Crippen molar-refractivity contribution in [1.82, 2.24) is 0 Å². The Morgan fingerprint density at radius 3 is 1.71 bits per heavy atom. The molecule has 3 rings (SSSR count). The molecule has 0 aliphatic rings. The summed E-state index contributed by atoms with van der Waals surface area (Å²) in [4.78, 5) is 0. The van der Waals surface area contributed by atoms with Gasteiger partial charge in [0.25, 0.3) is 6.43 Å². The van der Waals surface area contributed by atoms with Gasteiger partial charge >= 0.3 is 0 Å². The first-order valence-corrected chi connectivity index (χ1v) is 10.2. The average molecular weight is 428 g/mol. The third kappa shape index (κ3) is 6.45. The van der Waals surface area contributed by atoms with E-state index in [4.69, 9.17) is 0 Å². The van der Waals surface area contributed by atoms with E-state index < -0.39 is 23.8 Å². The molecule has 0 saturated carbocycles. The lowest BCUT2D eigenvalue weighted by molar-refractivity contribution is 0.200. The molecule has 0 aliphatic carbocycles. The van der Waals surface area contributed by atoms with Gasteiger partial charge in [0.15, 0.2) is 17.4 Å². The zero-order chi connectivity index (χ0) is 22.2. The highest BCUT2D eigenvalue weighted by Crippen LogP contribution is 2.25. The Hall–Kier alpha value is -3.08. The highest BCUT2D eigenvalue weighted by molar-refractivity contribution is 5.64. The minimum atomic E-state index is -2.75. The molecule has 1 nitrogen and oxygen atoms in total. The Kier molecular flexibility index (Phi) is 7.88. The lowest BCUT2D eigenvalue weighted by Crippen LogP contribution is -1.98. The third-order valence-electron chi connectivity index (χ3n) is 4.95. The van der Waals surface area contributed by atoms with Crippen molar-refractivity contribution in [2.24, 2.45) is 0 Å². The summed E-state index contributed by atoms with van der Waals surface area (Å²) < 4.78 is 57.0. The lowest BCUT2D eigenvalue weighted by atomic mass is 9.99. The van der Waals surface area contributed by atoms with Crippen LogP contribution in [-0.2, 0) is 19.3 Å². The van der Waals surface area contributed by atoms with Gasteiger partial charge in [0, 0.05) is 6.08 Å². The Morgan fingerprint density at radius 2 is 1.23 bits per heavy atom.